The Morgan fingerprint density at radius 2 is 2.26 bits per heavy atom. The van der Waals surface area contributed by atoms with Crippen molar-refractivity contribution in [2.24, 2.45) is 0 Å². The molecule has 1 aromatic rings. The van der Waals surface area contributed by atoms with Crippen molar-refractivity contribution in [3.8, 4) is 0 Å². The molecular weight excluding hydrogens is 238 g/mol. The molecule has 2 atom stereocenters. The van der Waals surface area contributed by atoms with E-state index in [1.54, 1.807) is 0 Å². The standard InChI is InChI=1S/C15H27N3O/c1-5-14-11(2)17-18(13(14)4)9-8-16-12(3)15-7-6-10-19-15/h12,15-16H,5-10H2,1-4H3. The molecule has 1 fully saturated rings. The van der Waals surface area contributed by atoms with Crippen LogP contribution in [-0.2, 0) is 17.7 Å². The quantitative estimate of drug-likeness (QED) is 0.857. The summed E-state index contributed by atoms with van der Waals surface area (Å²) < 4.78 is 7.83. The molecule has 0 saturated carbocycles. The predicted molar refractivity (Wildman–Crippen MR) is 77.5 cm³/mol. The average molecular weight is 265 g/mol. The minimum Gasteiger partial charge on any atom is -0.377 e. The van der Waals surface area contributed by atoms with Crippen molar-refractivity contribution in [1.82, 2.24) is 15.1 Å². The van der Waals surface area contributed by atoms with Gasteiger partial charge in [-0.05, 0) is 45.6 Å². The van der Waals surface area contributed by atoms with E-state index in [4.69, 9.17) is 4.74 Å². The molecule has 108 valence electrons. The molecule has 0 spiro atoms. The van der Waals surface area contributed by atoms with Gasteiger partial charge in [0.05, 0.1) is 18.3 Å². The Balaban J connectivity index is 1.82. The summed E-state index contributed by atoms with van der Waals surface area (Å²) in [4.78, 5) is 0. The smallest absolute Gasteiger partial charge is 0.0726 e. The van der Waals surface area contributed by atoms with Crippen LogP contribution in [0.15, 0.2) is 0 Å². The maximum absolute atomic E-state index is 5.70. The first-order chi connectivity index (χ1) is 9.13. The fourth-order valence-corrected chi connectivity index (χ4v) is 2.99. The lowest BCUT2D eigenvalue weighted by Gasteiger charge is -2.20. The maximum atomic E-state index is 5.70. The molecule has 0 bridgehead atoms. The number of ether oxygens (including phenoxy) is 1. The lowest BCUT2D eigenvalue weighted by atomic mass is 10.1. The number of rotatable bonds is 6. The monoisotopic (exact) mass is 265 g/mol. The van der Waals surface area contributed by atoms with Crippen molar-refractivity contribution in [3.05, 3.63) is 17.0 Å². The average Bonchev–Trinajstić information content (AvgIpc) is 2.99. The first-order valence-electron chi connectivity index (χ1n) is 7.51. The Morgan fingerprint density at radius 1 is 1.47 bits per heavy atom. The molecule has 0 aromatic carbocycles. The number of nitrogens with one attached hydrogen (secondary N) is 1. The van der Waals surface area contributed by atoms with Crippen molar-refractivity contribution >= 4 is 0 Å². The molecule has 1 aliphatic heterocycles. The Labute approximate surface area is 116 Å². The number of hydrogen-bond acceptors (Lipinski definition) is 3. The van der Waals surface area contributed by atoms with Crippen LogP contribution in [-0.4, -0.2) is 35.1 Å². The number of aryl methyl sites for hydroxylation is 1. The van der Waals surface area contributed by atoms with Crippen LogP contribution in [0.5, 0.6) is 0 Å². The van der Waals surface area contributed by atoms with E-state index >= 15 is 0 Å². The van der Waals surface area contributed by atoms with Gasteiger partial charge in [-0.1, -0.05) is 6.92 Å². The van der Waals surface area contributed by atoms with Gasteiger partial charge in [0.25, 0.3) is 0 Å². The molecule has 1 saturated heterocycles. The van der Waals surface area contributed by atoms with Gasteiger partial charge in [0.1, 0.15) is 0 Å². The van der Waals surface area contributed by atoms with E-state index in [-0.39, 0.29) is 0 Å². The van der Waals surface area contributed by atoms with Gasteiger partial charge in [0, 0.05) is 24.9 Å². The van der Waals surface area contributed by atoms with E-state index in [0.29, 0.717) is 12.1 Å². The minimum absolute atomic E-state index is 0.395. The Hall–Kier alpha value is -0.870. The first-order valence-corrected chi connectivity index (χ1v) is 7.51. The van der Waals surface area contributed by atoms with Crippen LogP contribution in [0, 0.1) is 13.8 Å². The lowest BCUT2D eigenvalue weighted by Crippen LogP contribution is -2.38. The first kappa shape index (κ1) is 14.5. The highest BCUT2D eigenvalue weighted by molar-refractivity contribution is 5.24. The summed E-state index contributed by atoms with van der Waals surface area (Å²) in [5.41, 5.74) is 3.88. The molecule has 2 unspecified atom stereocenters. The highest BCUT2D eigenvalue weighted by atomic mass is 16.5. The molecule has 4 heteroatoms. The molecule has 2 heterocycles. The maximum Gasteiger partial charge on any atom is 0.0726 e. The van der Waals surface area contributed by atoms with Gasteiger partial charge in [-0.15, -0.1) is 0 Å². The summed E-state index contributed by atoms with van der Waals surface area (Å²) in [5, 5.41) is 8.18. The van der Waals surface area contributed by atoms with Gasteiger partial charge in [-0.25, -0.2) is 0 Å². The second-order valence-corrected chi connectivity index (χ2v) is 5.52. The van der Waals surface area contributed by atoms with Gasteiger partial charge in [-0.3, -0.25) is 4.68 Å². The SMILES string of the molecule is CCc1c(C)nn(CCNC(C)C2CCCO2)c1C. The highest BCUT2D eigenvalue weighted by Crippen LogP contribution is 2.15. The van der Waals surface area contributed by atoms with Gasteiger partial charge in [0.15, 0.2) is 0 Å². The van der Waals surface area contributed by atoms with E-state index in [2.05, 4.69) is 42.8 Å². The Bertz CT molecular complexity index is 408. The Morgan fingerprint density at radius 3 is 2.84 bits per heavy atom. The number of hydrogen-bond donors (Lipinski definition) is 1. The minimum atomic E-state index is 0.395. The van der Waals surface area contributed by atoms with Crippen LogP contribution in [0.4, 0.5) is 0 Å². The summed E-state index contributed by atoms with van der Waals surface area (Å²) in [6.07, 6.45) is 3.85. The molecular formula is C15H27N3O. The van der Waals surface area contributed by atoms with Crippen LogP contribution >= 0.6 is 0 Å². The molecule has 1 aliphatic rings. The fraction of sp³-hybridized carbons (Fsp3) is 0.800. The highest BCUT2D eigenvalue weighted by Gasteiger charge is 2.21. The summed E-state index contributed by atoms with van der Waals surface area (Å²) in [7, 11) is 0. The molecule has 4 nitrogen and oxygen atoms in total. The normalized spacial score (nSPS) is 20.9. The van der Waals surface area contributed by atoms with Gasteiger partial charge >= 0.3 is 0 Å². The molecule has 0 radical (unpaired) electrons. The van der Waals surface area contributed by atoms with Crippen LogP contribution < -0.4 is 5.32 Å². The second kappa shape index (κ2) is 6.53. The van der Waals surface area contributed by atoms with Gasteiger partial charge < -0.3 is 10.1 Å². The molecule has 0 amide bonds. The molecule has 1 N–H and O–H groups in total. The van der Waals surface area contributed by atoms with Crippen LogP contribution in [0.25, 0.3) is 0 Å². The van der Waals surface area contributed by atoms with Crippen LogP contribution in [0.2, 0.25) is 0 Å². The lowest BCUT2D eigenvalue weighted by molar-refractivity contribution is 0.0834. The van der Waals surface area contributed by atoms with Crippen molar-refractivity contribution in [2.45, 2.75) is 65.6 Å². The van der Waals surface area contributed by atoms with Crippen molar-refractivity contribution in [1.29, 1.82) is 0 Å². The molecule has 0 aliphatic carbocycles. The third-order valence-corrected chi connectivity index (χ3v) is 4.20. The Kier molecular flexibility index (Phi) is 4.99. The summed E-state index contributed by atoms with van der Waals surface area (Å²) in [6.45, 7) is 11.5. The predicted octanol–water partition coefficient (Wildman–Crippen LogP) is 2.22. The summed E-state index contributed by atoms with van der Waals surface area (Å²) in [6, 6.07) is 0.435. The van der Waals surface area contributed by atoms with Crippen molar-refractivity contribution in [3.63, 3.8) is 0 Å². The number of nitrogens with zero attached hydrogens (tertiary/aromatic N) is 2. The van der Waals surface area contributed by atoms with Gasteiger partial charge in [0.2, 0.25) is 0 Å². The zero-order valence-electron chi connectivity index (χ0n) is 12.7. The van der Waals surface area contributed by atoms with Crippen LogP contribution in [0.3, 0.4) is 0 Å². The number of aromatic nitrogens is 2. The van der Waals surface area contributed by atoms with E-state index < -0.39 is 0 Å². The van der Waals surface area contributed by atoms with E-state index in [9.17, 15) is 0 Å². The van der Waals surface area contributed by atoms with E-state index in [0.717, 1.165) is 26.1 Å². The largest absolute Gasteiger partial charge is 0.377 e. The topological polar surface area (TPSA) is 39.1 Å². The zero-order chi connectivity index (χ0) is 13.8. The van der Waals surface area contributed by atoms with Crippen molar-refractivity contribution in [2.75, 3.05) is 13.2 Å². The molecule has 1 aromatic heterocycles. The second-order valence-electron chi connectivity index (χ2n) is 5.52. The zero-order valence-corrected chi connectivity index (χ0v) is 12.7. The third kappa shape index (κ3) is 3.37. The van der Waals surface area contributed by atoms with Crippen molar-refractivity contribution < 1.29 is 4.74 Å². The summed E-state index contributed by atoms with van der Waals surface area (Å²) >= 11 is 0. The van der Waals surface area contributed by atoms with E-state index in [1.807, 2.05) is 0 Å². The molecule has 2 rings (SSSR count). The molecule has 19 heavy (non-hydrogen) atoms. The van der Waals surface area contributed by atoms with Crippen LogP contribution in [0.1, 0.15) is 43.6 Å². The van der Waals surface area contributed by atoms with Gasteiger partial charge in [-0.2, -0.15) is 5.10 Å². The summed E-state index contributed by atoms with van der Waals surface area (Å²) in [5.74, 6) is 0. The third-order valence-electron chi connectivity index (χ3n) is 4.20. The van der Waals surface area contributed by atoms with E-state index in [1.165, 1.54) is 29.8 Å². The fourth-order valence-electron chi connectivity index (χ4n) is 2.99.